The van der Waals surface area contributed by atoms with Crippen molar-refractivity contribution in [1.82, 2.24) is 24.2 Å². The summed E-state index contributed by atoms with van der Waals surface area (Å²) in [4.78, 5) is 45.1. The standard InChI is InChI=1S/C25H26ClF3N6O4/c1-12(2)30-24-31-19-11-34(21(36)14-6-7-17(26)16(9-14)25(27,28)29)13(3)8-15(19)22(37)35(24)20-10-18(23(38)39-5)32-33(20)4/h6-7,9-10,12-13H,8,11H2,1-5H3,(H,30,31)/t13-/m1/s1. The van der Waals surface area contributed by atoms with Gasteiger partial charge in [-0.2, -0.15) is 18.3 Å². The Morgan fingerprint density at radius 3 is 2.54 bits per heavy atom. The maximum Gasteiger partial charge on any atom is 0.417 e. The lowest BCUT2D eigenvalue weighted by Crippen LogP contribution is -2.46. The van der Waals surface area contributed by atoms with Crippen LogP contribution in [0, 0.1) is 0 Å². The Balaban J connectivity index is 1.78. The summed E-state index contributed by atoms with van der Waals surface area (Å²) in [6.45, 7) is 5.29. The summed E-state index contributed by atoms with van der Waals surface area (Å²) in [5, 5.41) is 6.73. The summed E-state index contributed by atoms with van der Waals surface area (Å²) in [7, 11) is 2.79. The molecule has 1 aliphatic heterocycles. The van der Waals surface area contributed by atoms with Crippen LogP contribution in [0.1, 0.15) is 58.4 Å². The molecule has 208 valence electrons. The van der Waals surface area contributed by atoms with Gasteiger partial charge in [0.05, 0.1) is 29.9 Å². The Morgan fingerprint density at radius 1 is 1.23 bits per heavy atom. The highest BCUT2D eigenvalue weighted by Crippen LogP contribution is 2.36. The number of alkyl halides is 3. The van der Waals surface area contributed by atoms with Crippen molar-refractivity contribution < 1.29 is 27.5 Å². The van der Waals surface area contributed by atoms with Crippen LogP contribution in [0.5, 0.6) is 0 Å². The molecule has 1 aliphatic rings. The minimum Gasteiger partial charge on any atom is -0.464 e. The van der Waals surface area contributed by atoms with E-state index in [1.165, 1.54) is 33.4 Å². The molecule has 3 heterocycles. The maximum absolute atomic E-state index is 13.8. The van der Waals surface area contributed by atoms with E-state index in [0.29, 0.717) is 11.3 Å². The number of aryl methyl sites for hydroxylation is 1. The third-order valence-electron chi connectivity index (χ3n) is 6.29. The Labute approximate surface area is 226 Å². The summed E-state index contributed by atoms with van der Waals surface area (Å²) in [5.41, 5.74) is -1.05. The summed E-state index contributed by atoms with van der Waals surface area (Å²) in [6, 6.07) is 3.74. The number of amides is 1. The SMILES string of the molecule is COC(=O)c1cc(-n2c(NC(C)C)nc3c(c2=O)C[C@@H](C)N(C(=O)c2ccc(Cl)c(C(F)(F)F)c2)C3)n(C)n1. The van der Waals surface area contributed by atoms with Gasteiger partial charge in [0, 0.05) is 36.3 Å². The van der Waals surface area contributed by atoms with Crippen molar-refractivity contribution in [3.8, 4) is 5.82 Å². The smallest absolute Gasteiger partial charge is 0.417 e. The van der Waals surface area contributed by atoms with E-state index in [9.17, 15) is 27.6 Å². The lowest BCUT2D eigenvalue weighted by atomic mass is 9.98. The first-order chi connectivity index (χ1) is 18.2. The molecule has 2 aromatic heterocycles. The molecular formula is C25H26ClF3N6O4. The Kier molecular flexibility index (Phi) is 7.48. The van der Waals surface area contributed by atoms with Gasteiger partial charge < -0.3 is 15.0 Å². The largest absolute Gasteiger partial charge is 0.464 e. The summed E-state index contributed by atoms with van der Waals surface area (Å²) in [5.74, 6) is -0.895. The van der Waals surface area contributed by atoms with Crippen molar-refractivity contribution >= 4 is 29.4 Å². The van der Waals surface area contributed by atoms with Crippen molar-refractivity contribution in [2.24, 2.45) is 7.05 Å². The number of anilines is 1. The van der Waals surface area contributed by atoms with E-state index in [4.69, 9.17) is 16.3 Å². The van der Waals surface area contributed by atoms with Gasteiger partial charge >= 0.3 is 12.1 Å². The minimum atomic E-state index is -4.73. The van der Waals surface area contributed by atoms with Gasteiger partial charge in [0.2, 0.25) is 5.95 Å². The molecule has 1 N–H and O–H groups in total. The fourth-order valence-corrected chi connectivity index (χ4v) is 4.64. The molecule has 1 atom stereocenters. The van der Waals surface area contributed by atoms with E-state index in [1.54, 1.807) is 14.0 Å². The number of fused-ring (bicyclic) bond motifs is 1. The molecule has 4 rings (SSSR count). The Morgan fingerprint density at radius 2 is 1.92 bits per heavy atom. The number of rotatable bonds is 5. The number of carbonyl (C=O) groups is 2. The molecule has 0 radical (unpaired) electrons. The van der Waals surface area contributed by atoms with E-state index >= 15 is 0 Å². The molecule has 3 aromatic rings. The molecule has 14 heteroatoms. The van der Waals surface area contributed by atoms with Gasteiger partial charge in [-0.25, -0.2) is 14.3 Å². The van der Waals surface area contributed by atoms with Crippen LogP contribution in [0.2, 0.25) is 5.02 Å². The summed E-state index contributed by atoms with van der Waals surface area (Å²) < 4.78 is 47.5. The second-order valence-corrected chi connectivity index (χ2v) is 9.89. The van der Waals surface area contributed by atoms with Crippen molar-refractivity contribution in [2.75, 3.05) is 12.4 Å². The molecule has 10 nitrogen and oxygen atoms in total. The number of nitrogens with zero attached hydrogens (tertiary/aromatic N) is 5. The third-order valence-corrected chi connectivity index (χ3v) is 6.62. The summed E-state index contributed by atoms with van der Waals surface area (Å²) in [6.07, 6.45) is -4.62. The molecule has 1 aromatic carbocycles. The Hall–Kier alpha value is -3.87. The molecule has 0 saturated carbocycles. The maximum atomic E-state index is 13.8. The van der Waals surface area contributed by atoms with Gasteiger partial charge in [0.1, 0.15) is 5.82 Å². The van der Waals surface area contributed by atoms with E-state index in [-0.39, 0.29) is 42.0 Å². The van der Waals surface area contributed by atoms with Gasteiger partial charge in [-0.1, -0.05) is 11.6 Å². The topological polar surface area (TPSA) is 111 Å². The number of ether oxygens (including phenoxy) is 1. The number of aromatic nitrogens is 4. The number of methoxy groups -OCH3 is 1. The highest BCUT2D eigenvalue weighted by Gasteiger charge is 2.36. The van der Waals surface area contributed by atoms with Crippen molar-refractivity contribution in [1.29, 1.82) is 0 Å². The lowest BCUT2D eigenvalue weighted by Gasteiger charge is -2.35. The van der Waals surface area contributed by atoms with E-state index in [2.05, 4.69) is 15.4 Å². The molecule has 39 heavy (non-hydrogen) atoms. The van der Waals surface area contributed by atoms with Gasteiger partial charge in [-0.15, -0.1) is 0 Å². The number of nitrogens with one attached hydrogen (secondary N) is 1. The number of hydrogen-bond donors (Lipinski definition) is 1. The third kappa shape index (κ3) is 5.35. The van der Waals surface area contributed by atoms with Crippen molar-refractivity contribution in [2.45, 2.75) is 52.0 Å². The Bertz CT molecular complexity index is 1510. The molecule has 0 unspecified atom stereocenters. The van der Waals surface area contributed by atoms with Crippen LogP contribution < -0.4 is 10.9 Å². The van der Waals surface area contributed by atoms with Crippen LogP contribution in [-0.2, 0) is 30.9 Å². The highest BCUT2D eigenvalue weighted by atomic mass is 35.5. The highest BCUT2D eigenvalue weighted by molar-refractivity contribution is 6.31. The van der Waals surface area contributed by atoms with E-state index < -0.39 is 40.2 Å². The van der Waals surface area contributed by atoms with E-state index in [0.717, 1.165) is 12.1 Å². The molecule has 0 aliphatic carbocycles. The van der Waals surface area contributed by atoms with Crippen LogP contribution in [0.3, 0.4) is 0 Å². The van der Waals surface area contributed by atoms with Crippen LogP contribution in [-0.4, -0.2) is 55.3 Å². The van der Waals surface area contributed by atoms with Crippen molar-refractivity contribution in [3.05, 3.63) is 67.7 Å². The second kappa shape index (κ2) is 10.4. The molecule has 0 saturated heterocycles. The molecule has 0 spiro atoms. The van der Waals surface area contributed by atoms with Gasteiger partial charge in [0.15, 0.2) is 5.69 Å². The molecule has 1 amide bonds. The van der Waals surface area contributed by atoms with Gasteiger partial charge in [-0.05, 0) is 45.4 Å². The van der Waals surface area contributed by atoms with Crippen LogP contribution in [0.25, 0.3) is 5.82 Å². The second-order valence-electron chi connectivity index (χ2n) is 9.48. The number of halogens is 4. The zero-order valence-corrected chi connectivity index (χ0v) is 22.5. The first kappa shape index (κ1) is 28.1. The number of carbonyl (C=O) groups excluding carboxylic acids is 2. The zero-order chi connectivity index (χ0) is 28.8. The predicted octanol–water partition coefficient (Wildman–Crippen LogP) is 3.83. The van der Waals surface area contributed by atoms with Crippen LogP contribution >= 0.6 is 11.6 Å². The monoisotopic (exact) mass is 566 g/mol. The molecular weight excluding hydrogens is 541 g/mol. The average Bonchev–Trinajstić information content (AvgIpc) is 3.23. The van der Waals surface area contributed by atoms with Gasteiger partial charge in [0.25, 0.3) is 11.5 Å². The predicted molar refractivity (Wildman–Crippen MR) is 136 cm³/mol. The minimum absolute atomic E-state index is 0.00134. The van der Waals surface area contributed by atoms with Gasteiger partial charge in [-0.3, -0.25) is 14.3 Å². The van der Waals surface area contributed by atoms with Crippen molar-refractivity contribution in [3.63, 3.8) is 0 Å². The van der Waals surface area contributed by atoms with Crippen LogP contribution in [0.15, 0.2) is 29.1 Å². The lowest BCUT2D eigenvalue weighted by molar-refractivity contribution is -0.137. The normalized spacial score (nSPS) is 15.3. The van der Waals surface area contributed by atoms with Crippen LogP contribution in [0.4, 0.5) is 19.1 Å². The summed E-state index contributed by atoms with van der Waals surface area (Å²) >= 11 is 5.72. The zero-order valence-electron chi connectivity index (χ0n) is 21.8. The fraction of sp³-hybridized carbons (Fsp3) is 0.400. The average molecular weight is 567 g/mol. The number of esters is 1. The quantitative estimate of drug-likeness (QED) is 0.467. The number of benzene rings is 1. The first-order valence-electron chi connectivity index (χ1n) is 11.9. The molecule has 0 bridgehead atoms. The number of hydrogen-bond acceptors (Lipinski definition) is 7. The molecule has 0 fully saturated rings. The van der Waals surface area contributed by atoms with E-state index in [1.807, 2.05) is 13.8 Å². The fourth-order valence-electron chi connectivity index (χ4n) is 4.41. The first-order valence-corrected chi connectivity index (χ1v) is 12.3.